The second-order valence-corrected chi connectivity index (χ2v) is 7.84. The first-order valence-electron chi connectivity index (χ1n) is 10.1. The van der Waals surface area contributed by atoms with Crippen LogP contribution in [0, 0.1) is 13.8 Å². The van der Waals surface area contributed by atoms with Gasteiger partial charge in [0.05, 0.1) is 23.3 Å². The van der Waals surface area contributed by atoms with Crippen molar-refractivity contribution in [3.05, 3.63) is 34.7 Å². The van der Waals surface area contributed by atoms with E-state index in [9.17, 15) is 4.79 Å². The number of rotatable bonds is 4. The first kappa shape index (κ1) is 18.2. The summed E-state index contributed by atoms with van der Waals surface area (Å²) in [7, 11) is 0. The van der Waals surface area contributed by atoms with Crippen LogP contribution in [0.15, 0.2) is 10.9 Å². The van der Waals surface area contributed by atoms with E-state index in [0.717, 1.165) is 45.4 Å². The molecule has 2 aliphatic rings. The van der Waals surface area contributed by atoms with Crippen molar-refractivity contribution in [3.8, 4) is 0 Å². The normalized spacial score (nSPS) is 19.4. The molecule has 0 bridgehead atoms. The zero-order valence-corrected chi connectivity index (χ0v) is 16.5. The highest BCUT2D eigenvalue weighted by Crippen LogP contribution is 2.42. The largest absolute Gasteiger partial charge is 0.361 e. The quantitative estimate of drug-likeness (QED) is 0.894. The number of hydrogen-bond donors (Lipinski definition) is 1. The highest BCUT2D eigenvalue weighted by atomic mass is 16.5. The molecule has 1 N–H and O–H groups in total. The molecule has 0 aromatic carbocycles. The summed E-state index contributed by atoms with van der Waals surface area (Å²) >= 11 is 0. The minimum absolute atomic E-state index is 0.0410. The Kier molecular flexibility index (Phi) is 4.80. The van der Waals surface area contributed by atoms with Crippen LogP contribution < -0.4 is 0 Å². The number of likely N-dealkylation sites (tertiary alicyclic amines) is 1. The summed E-state index contributed by atoms with van der Waals surface area (Å²) in [6.45, 7) is 9.51. The Balaban J connectivity index is 1.56. The first-order chi connectivity index (χ1) is 13.1. The number of nitrogens with zero attached hydrogens (tertiary/aromatic N) is 4. The third-order valence-electron chi connectivity index (χ3n) is 6.30. The number of nitrogens with one attached hydrogen (secondary N) is 1. The van der Waals surface area contributed by atoms with E-state index in [-0.39, 0.29) is 11.4 Å². The van der Waals surface area contributed by atoms with Gasteiger partial charge in [0.1, 0.15) is 11.3 Å². The number of aromatic nitrogens is 3. The summed E-state index contributed by atoms with van der Waals surface area (Å²) in [5.41, 5.74) is 3.73. The molecule has 27 heavy (non-hydrogen) atoms. The van der Waals surface area contributed by atoms with Gasteiger partial charge < -0.3 is 14.4 Å². The predicted octanol–water partition coefficient (Wildman–Crippen LogP) is 2.80. The topological polar surface area (TPSA) is 78.3 Å². The molecule has 0 atom stereocenters. The van der Waals surface area contributed by atoms with Gasteiger partial charge >= 0.3 is 0 Å². The van der Waals surface area contributed by atoms with Crippen LogP contribution in [0.4, 0.5) is 0 Å². The van der Waals surface area contributed by atoms with Crippen LogP contribution in [0.2, 0.25) is 0 Å². The Morgan fingerprint density at radius 2 is 2.07 bits per heavy atom. The van der Waals surface area contributed by atoms with Crippen molar-refractivity contribution >= 4 is 5.91 Å². The lowest BCUT2D eigenvalue weighted by Crippen LogP contribution is -2.57. The molecule has 7 heteroatoms. The van der Waals surface area contributed by atoms with E-state index in [4.69, 9.17) is 9.51 Å². The molecule has 2 aromatic rings. The highest BCUT2D eigenvalue weighted by molar-refractivity contribution is 5.96. The second-order valence-electron chi connectivity index (χ2n) is 7.84. The number of unbranched alkanes of at least 4 members (excludes halogenated alkanes) is 1. The van der Waals surface area contributed by atoms with Crippen molar-refractivity contribution in [2.45, 2.75) is 58.4 Å². The molecule has 1 amide bonds. The van der Waals surface area contributed by atoms with Crippen molar-refractivity contribution in [2.75, 3.05) is 26.2 Å². The van der Waals surface area contributed by atoms with Gasteiger partial charge in [-0.15, -0.1) is 0 Å². The number of carbonyl (C=O) groups excluding carboxylic acids is 1. The summed E-state index contributed by atoms with van der Waals surface area (Å²) in [6, 6.07) is 0. The number of amides is 1. The van der Waals surface area contributed by atoms with Crippen LogP contribution in [0.25, 0.3) is 0 Å². The van der Waals surface area contributed by atoms with Crippen LogP contribution >= 0.6 is 0 Å². The number of hydrogen-bond acceptors (Lipinski definition) is 5. The van der Waals surface area contributed by atoms with Gasteiger partial charge in [-0.05, 0) is 39.7 Å². The fourth-order valence-corrected chi connectivity index (χ4v) is 4.78. The van der Waals surface area contributed by atoms with Crippen LogP contribution in [-0.4, -0.2) is 57.0 Å². The summed E-state index contributed by atoms with van der Waals surface area (Å²) in [6.07, 6.45) is 7.09. The molecule has 2 aromatic heterocycles. The molecular weight excluding hydrogens is 342 g/mol. The van der Waals surface area contributed by atoms with Gasteiger partial charge in [0, 0.05) is 31.7 Å². The molecule has 0 unspecified atom stereocenters. The number of piperidine rings is 1. The zero-order valence-electron chi connectivity index (χ0n) is 16.5. The monoisotopic (exact) mass is 371 g/mol. The minimum atomic E-state index is -0.0434. The third kappa shape index (κ3) is 2.98. The molecule has 1 spiro atoms. The van der Waals surface area contributed by atoms with Gasteiger partial charge in [-0.25, -0.2) is 4.98 Å². The van der Waals surface area contributed by atoms with E-state index >= 15 is 0 Å². The summed E-state index contributed by atoms with van der Waals surface area (Å²) in [5.74, 6) is 0.647. The number of fused-ring (bicyclic) bond motifs is 2. The molecule has 146 valence electrons. The van der Waals surface area contributed by atoms with Crippen molar-refractivity contribution in [3.63, 3.8) is 0 Å². The van der Waals surface area contributed by atoms with E-state index in [1.807, 2.05) is 25.1 Å². The summed E-state index contributed by atoms with van der Waals surface area (Å²) < 4.78 is 5.19. The Morgan fingerprint density at radius 1 is 1.30 bits per heavy atom. The maximum absolute atomic E-state index is 13.0. The van der Waals surface area contributed by atoms with Crippen molar-refractivity contribution in [1.82, 2.24) is 24.9 Å². The van der Waals surface area contributed by atoms with E-state index < -0.39 is 0 Å². The lowest BCUT2D eigenvalue weighted by atomic mass is 9.78. The summed E-state index contributed by atoms with van der Waals surface area (Å²) in [5, 5.41) is 3.94. The molecular formula is C20H29N5O2. The Labute approximate surface area is 160 Å². The lowest BCUT2D eigenvalue weighted by molar-refractivity contribution is 0.00625. The van der Waals surface area contributed by atoms with Gasteiger partial charge in [-0.1, -0.05) is 18.5 Å². The Hall–Kier alpha value is -2.15. The van der Waals surface area contributed by atoms with Gasteiger partial charge in [0.25, 0.3) is 5.91 Å². The van der Waals surface area contributed by atoms with E-state index in [2.05, 4.69) is 22.0 Å². The highest BCUT2D eigenvalue weighted by Gasteiger charge is 2.47. The van der Waals surface area contributed by atoms with Crippen LogP contribution in [-0.2, 0) is 12.0 Å². The smallest absolute Gasteiger partial charge is 0.259 e. The molecule has 1 saturated heterocycles. The molecule has 4 rings (SSSR count). The van der Waals surface area contributed by atoms with E-state index in [0.29, 0.717) is 17.0 Å². The summed E-state index contributed by atoms with van der Waals surface area (Å²) in [4.78, 5) is 25.6. The molecule has 0 aliphatic carbocycles. The van der Waals surface area contributed by atoms with Gasteiger partial charge in [0.2, 0.25) is 0 Å². The zero-order chi connectivity index (χ0) is 19.0. The number of imidazole rings is 1. The van der Waals surface area contributed by atoms with Gasteiger partial charge in [-0.2, -0.15) is 0 Å². The third-order valence-corrected chi connectivity index (χ3v) is 6.30. The van der Waals surface area contributed by atoms with E-state index in [1.165, 1.54) is 24.2 Å². The number of aromatic amines is 1. The Morgan fingerprint density at radius 3 is 2.74 bits per heavy atom. The number of carbonyl (C=O) groups is 1. The van der Waals surface area contributed by atoms with Crippen LogP contribution in [0.5, 0.6) is 0 Å². The number of H-pyrrole nitrogens is 1. The molecule has 7 nitrogen and oxygen atoms in total. The predicted molar refractivity (Wildman–Crippen MR) is 102 cm³/mol. The van der Waals surface area contributed by atoms with Crippen molar-refractivity contribution in [2.24, 2.45) is 0 Å². The molecule has 4 heterocycles. The van der Waals surface area contributed by atoms with Crippen molar-refractivity contribution < 1.29 is 9.32 Å². The molecule has 1 fully saturated rings. The first-order valence-corrected chi connectivity index (χ1v) is 10.1. The fraction of sp³-hybridized carbons (Fsp3) is 0.650. The minimum Gasteiger partial charge on any atom is -0.361 e. The SMILES string of the molecule is CCCCN1CCc2[nH]cnc2C12CCN(C(=O)c1c(C)noc1C)CC2. The van der Waals surface area contributed by atoms with Gasteiger partial charge in [0.15, 0.2) is 0 Å². The van der Waals surface area contributed by atoms with Gasteiger partial charge in [-0.3, -0.25) is 9.69 Å². The maximum atomic E-state index is 13.0. The van der Waals surface area contributed by atoms with E-state index in [1.54, 1.807) is 0 Å². The van der Waals surface area contributed by atoms with Crippen molar-refractivity contribution in [1.29, 1.82) is 0 Å². The average Bonchev–Trinajstić information content (AvgIpc) is 3.28. The maximum Gasteiger partial charge on any atom is 0.259 e. The standard InChI is InChI=1S/C20H29N5O2/c1-4-5-9-25-10-6-16-18(22-13-21-16)20(25)7-11-24(12-8-20)19(26)17-14(2)23-27-15(17)3/h13H,4-12H2,1-3H3,(H,21,22). The van der Waals surface area contributed by atoms with Crippen LogP contribution in [0.3, 0.4) is 0 Å². The molecule has 0 radical (unpaired) electrons. The molecule has 2 aliphatic heterocycles. The molecule has 0 saturated carbocycles. The lowest BCUT2D eigenvalue weighted by Gasteiger charge is -2.50. The average molecular weight is 371 g/mol. The second kappa shape index (κ2) is 7.11. The number of aryl methyl sites for hydroxylation is 2. The Bertz CT molecular complexity index is 797. The van der Waals surface area contributed by atoms with Crippen LogP contribution in [0.1, 0.15) is 65.8 Å². The fourth-order valence-electron chi connectivity index (χ4n) is 4.78.